The van der Waals surface area contributed by atoms with Crippen molar-refractivity contribution in [2.45, 2.75) is 0 Å². The fraction of sp³-hybridized carbons (Fsp3) is 0. The SMILES string of the molecule is NC(=O)NNC(=O)c1ccc(Cl)cc1[N+](=O)[O-]. The molecule has 0 fully saturated rings. The number of benzene rings is 1. The van der Waals surface area contributed by atoms with Gasteiger partial charge in [0.1, 0.15) is 5.56 Å². The summed E-state index contributed by atoms with van der Waals surface area (Å²) in [5, 5.41) is 10.8. The molecule has 90 valence electrons. The quantitative estimate of drug-likeness (QED) is 0.529. The fourth-order valence-electron chi connectivity index (χ4n) is 1.03. The summed E-state index contributed by atoms with van der Waals surface area (Å²) in [5.74, 6) is -0.868. The topological polar surface area (TPSA) is 127 Å². The van der Waals surface area contributed by atoms with Gasteiger partial charge in [-0.3, -0.25) is 20.3 Å². The number of hydrogen-bond donors (Lipinski definition) is 3. The third kappa shape index (κ3) is 3.31. The van der Waals surface area contributed by atoms with Gasteiger partial charge < -0.3 is 5.73 Å². The third-order valence-corrected chi connectivity index (χ3v) is 1.94. The third-order valence-electron chi connectivity index (χ3n) is 1.70. The van der Waals surface area contributed by atoms with Crippen LogP contribution in [0.15, 0.2) is 18.2 Å². The number of halogens is 1. The van der Waals surface area contributed by atoms with Crippen molar-refractivity contribution < 1.29 is 14.5 Å². The van der Waals surface area contributed by atoms with Crippen molar-refractivity contribution in [2.24, 2.45) is 5.73 Å². The van der Waals surface area contributed by atoms with Crippen LogP contribution >= 0.6 is 11.6 Å². The normalized spacial score (nSPS) is 9.47. The highest BCUT2D eigenvalue weighted by atomic mass is 35.5. The zero-order chi connectivity index (χ0) is 13.0. The van der Waals surface area contributed by atoms with E-state index in [1.807, 2.05) is 10.9 Å². The maximum absolute atomic E-state index is 11.5. The molecule has 1 rings (SSSR count). The number of rotatable bonds is 2. The molecule has 0 bridgehead atoms. The van der Waals surface area contributed by atoms with Gasteiger partial charge >= 0.3 is 6.03 Å². The van der Waals surface area contributed by atoms with E-state index >= 15 is 0 Å². The first-order chi connectivity index (χ1) is 7.91. The molecule has 0 saturated carbocycles. The molecule has 17 heavy (non-hydrogen) atoms. The van der Waals surface area contributed by atoms with E-state index in [4.69, 9.17) is 17.3 Å². The number of nitro benzene ring substituents is 1. The van der Waals surface area contributed by atoms with Crippen molar-refractivity contribution in [3.63, 3.8) is 0 Å². The molecule has 3 amide bonds. The fourth-order valence-corrected chi connectivity index (χ4v) is 1.20. The Bertz CT molecular complexity index is 490. The number of nitrogens with one attached hydrogen (secondary N) is 2. The average molecular weight is 259 g/mol. The Labute approximate surface area is 99.9 Å². The van der Waals surface area contributed by atoms with E-state index in [2.05, 4.69) is 0 Å². The number of carbonyl (C=O) groups is 2. The van der Waals surface area contributed by atoms with Crippen LogP contribution in [0.4, 0.5) is 10.5 Å². The van der Waals surface area contributed by atoms with Crippen LogP contribution in [0.1, 0.15) is 10.4 Å². The van der Waals surface area contributed by atoms with Crippen LogP contribution in [0.2, 0.25) is 5.02 Å². The molecule has 0 radical (unpaired) electrons. The number of urea groups is 1. The van der Waals surface area contributed by atoms with Crippen molar-refractivity contribution in [1.82, 2.24) is 10.9 Å². The highest BCUT2D eigenvalue weighted by Crippen LogP contribution is 2.22. The van der Waals surface area contributed by atoms with E-state index in [9.17, 15) is 19.7 Å². The first-order valence-corrected chi connectivity index (χ1v) is 4.59. The molecular weight excluding hydrogens is 252 g/mol. The Kier molecular flexibility index (Phi) is 3.83. The van der Waals surface area contributed by atoms with Gasteiger partial charge in [-0.15, -0.1) is 0 Å². The van der Waals surface area contributed by atoms with Gasteiger partial charge in [0.25, 0.3) is 11.6 Å². The summed E-state index contributed by atoms with van der Waals surface area (Å²) in [5.41, 5.74) is 7.72. The molecule has 9 heteroatoms. The molecule has 8 nitrogen and oxygen atoms in total. The highest BCUT2D eigenvalue weighted by molar-refractivity contribution is 6.31. The zero-order valence-electron chi connectivity index (χ0n) is 8.27. The first-order valence-electron chi connectivity index (χ1n) is 4.21. The van der Waals surface area contributed by atoms with Crippen LogP contribution in [0.5, 0.6) is 0 Å². The van der Waals surface area contributed by atoms with Crippen molar-refractivity contribution in [3.8, 4) is 0 Å². The molecule has 1 aromatic carbocycles. The second kappa shape index (κ2) is 5.12. The lowest BCUT2D eigenvalue weighted by atomic mass is 10.2. The van der Waals surface area contributed by atoms with Gasteiger partial charge in [0.2, 0.25) is 0 Å². The molecular formula is C8H7ClN4O4. The summed E-state index contributed by atoms with van der Waals surface area (Å²) in [6.07, 6.45) is 0. The van der Waals surface area contributed by atoms with Crippen LogP contribution in [0, 0.1) is 10.1 Å². The molecule has 0 aliphatic heterocycles. The van der Waals surface area contributed by atoms with E-state index < -0.39 is 22.5 Å². The molecule has 0 saturated heterocycles. The van der Waals surface area contributed by atoms with Crippen LogP contribution in [0.3, 0.4) is 0 Å². The largest absolute Gasteiger partial charge is 0.350 e. The van der Waals surface area contributed by atoms with E-state index in [1.54, 1.807) is 0 Å². The second-order valence-corrected chi connectivity index (χ2v) is 3.30. The molecule has 0 unspecified atom stereocenters. The minimum atomic E-state index is -0.991. The van der Waals surface area contributed by atoms with Crippen LogP contribution in [0.25, 0.3) is 0 Å². The van der Waals surface area contributed by atoms with Gasteiger partial charge in [0.05, 0.1) is 4.92 Å². The Morgan fingerprint density at radius 3 is 2.53 bits per heavy atom. The van der Waals surface area contributed by atoms with Crippen LogP contribution in [-0.2, 0) is 0 Å². The van der Waals surface area contributed by atoms with E-state index in [0.717, 1.165) is 6.07 Å². The molecule has 0 spiro atoms. The molecule has 0 aliphatic carbocycles. The Morgan fingerprint density at radius 2 is 2.00 bits per heavy atom. The number of carbonyl (C=O) groups excluding carboxylic acids is 2. The number of nitrogens with zero attached hydrogens (tertiary/aromatic N) is 1. The van der Waals surface area contributed by atoms with Gasteiger partial charge in [0.15, 0.2) is 0 Å². The first kappa shape index (κ1) is 12.7. The summed E-state index contributed by atoms with van der Waals surface area (Å²) in [4.78, 5) is 31.7. The minimum Gasteiger partial charge on any atom is -0.350 e. The predicted molar refractivity (Wildman–Crippen MR) is 58.3 cm³/mol. The molecule has 0 atom stereocenters. The summed E-state index contributed by atoms with van der Waals surface area (Å²) in [6.45, 7) is 0. The Hall–Kier alpha value is -2.35. The van der Waals surface area contributed by atoms with Gasteiger partial charge in [-0.25, -0.2) is 10.2 Å². The Morgan fingerprint density at radius 1 is 1.35 bits per heavy atom. The highest BCUT2D eigenvalue weighted by Gasteiger charge is 2.20. The smallest absolute Gasteiger partial charge is 0.330 e. The van der Waals surface area contributed by atoms with Gasteiger partial charge in [-0.1, -0.05) is 11.6 Å². The zero-order valence-corrected chi connectivity index (χ0v) is 9.02. The maximum atomic E-state index is 11.5. The second-order valence-electron chi connectivity index (χ2n) is 2.86. The summed E-state index contributed by atoms with van der Waals surface area (Å²) < 4.78 is 0. The van der Waals surface area contributed by atoms with E-state index in [1.165, 1.54) is 12.1 Å². The number of amides is 3. The lowest BCUT2D eigenvalue weighted by Crippen LogP contribution is -2.44. The van der Waals surface area contributed by atoms with Crippen molar-refractivity contribution in [3.05, 3.63) is 38.9 Å². The van der Waals surface area contributed by atoms with Gasteiger partial charge in [-0.05, 0) is 12.1 Å². The number of primary amides is 1. The lowest BCUT2D eigenvalue weighted by molar-refractivity contribution is -0.385. The van der Waals surface area contributed by atoms with Crippen molar-refractivity contribution in [2.75, 3.05) is 0 Å². The molecule has 0 heterocycles. The summed E-state index contributed by atoms with van der Waals surface area (Å²) >= 11 is 5.57. The number of nitrogens with two attached hydrogens (primary N) is 1. The van der Waals surface area contributed by atoms with E-state index in [-0.39, 0.29) is 10.6 Å². The Balaban J connectivity index is 3.00. The summed E-state index contributed by atoms with van der Waals surface area (Å²) in [7, 11) is 0. The monoisotopic (exact) mass is 258 g/mol. The minimum absolute atomic E-state index is 0.121. The molecule has 1 aromatic rings. The van der Waals surface area contributed by atoms with E-state index in [0.29, 0.717) is 0 Å². The van der Waals surface area contributed by atoms with Crippen molar-refractivity contribution in [1.29, 1.82) is 0 Å². The molecule has 0 aliphatic rings. The maximum Gasteiger partial charge on any atom is 0.330 e. The standard InChI is InChI=1S/C8H7ClN4O4/c9-4-1-2-5(6(3-4)13(16)17)7(14)11-12-8(10)15/h1-3H,(H,11,14)(H3,10,12,15). The van der Waals surface area contributed by atoms with Crippen LogP contribution in [-0.4, -0.2) is 16.9 Å². The molecule has 0 aromatic heterocycles. The van der Waals surface area contributed by atoms with Crippen molar-refractivity contribution >= 4 is 29.2 Å². The number of nitro groups is 1. The lowest BCUT2D eigenvalue weighted by Gasteiger charge is -2.05. The van der Waals surface area contributed by atoms with Gasteiger partial charge in [-0.2, -0.15) is 0 Å². The predicted octanol–water partition coefficient (Wildman–Crippen LogP) is 0.561. The van der Waals surface area contributed by atoms with Crippen LogP contribution < -0.4 is 16.6 Å². The molecule has 4 N–H and O–H groups in total. The number of hydrogen-bond acceptors (Lipinski definition) is 4. The van der Waals surface area contributed by atoms with Gasteiger partial charge in [0, 0.05) is 11.1 Å². The number of hydrazine groups is 1. The average Bonchev–Trinajstić information content (AvgIpc) is 2.25. The summed E-state index contributed by atoms with van der Waals surface area (Å²) in [6, 6.07) is 2.52.